The first-order chi connectivity index (χ1) is 22.2. The summed E-state index contributed by atoms with van der Waals surface area (Å²) in [6.45, 7) is 0. The number of ether oxygens (including phenoxy) is 3. The average Bonchev–Trinajstić information content (AvgIpc) is 3.52. The lowest BCUT2D eigenvalue weighted by Crippen LogP contribution is -2.27. The van der Waals surface area contributed by atoms with Crippen molar-refractivity contribution in [1.82, 2.24) is 5.01 Å². The van der Waals surface area contributed by atoms with Crippen LogP contribution in [0.3, 0.4) is 0 Å². The highest BCUT2D eigenvalue weighted by Gasteiger charge is 2.41. The molecule has 0 bridgehead atoms. The molecule has 2 atom stereocenters. The number of hydrogen-bond acceptors (Lipinski definition) is 8. The van der Waals surface area contributed by atoms with E-state index in [4.69, 9.17) is 19.3 Å². The van der Waals surface area contributed by atoms with Crippen molar-refractivity contribution in [3.8, 4) is 17.2 Å². The molecule has 232 valence electrons. The van der Waals surface area contributed by atoms with Gasteiger partial charge in [0.15, 0.2) is 11.5 Å². The molecular weight excluding hydrogens is 656 g/mol. The molecule has 0 saturated heterocycles. The number of aliphatic imine (C=N–C) groups is 1. The summed E-state index contributed by atoms with van der Waals surface area (Å²) in [5.74, 6) is -0.434. The van der Waals surface area contributed by atoms with Crippen LogP contribution in [-0.2, 0) is 4.79 Å². The predicted octanol–water partition coefficient (Wildman–Crippen LogP) is 6.46. The Labute approximate surface area is 272 Å². The largest absolute Gasteiger partial charge is 0.493 e. The molecule has 0 spiro atoms. The van der Waals surface area contributed by atoms with E-state index in [9.17, 15) is 19.7 Å². The number of carbonyl (C=O) groups excluding carboxylic acids is 2. The zero-order chi connectivity index (χ0) is 32.5. The van der Waals surface area contributed by atoms with Crippen molar-refractivity contribution < 1.29 is 28.7 Å². The molecule has 46 heavy (non-hydrogen) atoms. The van der Waals surface area contributed by atoms with Gasteiger partial charge in [-0.25, -0.2) is 10.0 Å². The van der Waals surface area contributed by atoms with E-state index in [1.54, 1.807) is 12.1 Å². The van der Waals surface area contributed by atoms with E-state index in [1.807, 2.05) is 48.6 Å². The zero-order valence-corrected chi connectivity index (χ0v) is 26.6. The lowest BCUT2D eigenvalue weighted by molar-refractivity contribution is -0.384. The highest BCUT2D eigenvalue weighted by molar-refractivity contribution is 9.11. The van der Waals surface area contributed by atoms with Crippen molar-refractivity contribution in [2.24, 2.45) is 16.0 Å². The second-order valence-corrected chi connectivity index (χ2v) is 11.5. The highest BCUT2D eigenvalue weighted by atomic mass is 79.9. The van der Waals surface area contributed by atoms with Crippen LogP contribution in [0.2, 0.25) is 0 Å². The summed E-state index contributed by atoms with van der Waals surface area (Å²) in [5, 5.41) is 17.5. The van der Waals surface area contributed by atoms with Crippen molar-refractivity contribution in [3.05, 3.63) is 122 Å². The Hall–Kier alpha value is -5.36. The number of non-ortho nitro benzene ring substituents is 1. The maximum Gasteiger partial charge on any atom is 0.279 e. The Bertz CT molecular complexity index is 1890. The summed E-state index contributed by atoms with van der Waals surface area (Å²) in [5.41, 5.74) is 3.53. The number of fused-ring (bicyclic) bond motifs is 1. The van der Waals surface area contributed by atoms with Gasteiger partial charge in [0.2, 0.25) is 5.75 Å². The van der Waals surface area contributed by atoms with Crippen LogP contribution < -0.4 is 14.2 Å². The molecule has 2 amide bonds. The Kier molecular flexibility index (Phi) is 8.37. The molecule has 0 N–H and O–H groups in total. The molecule has 0 radical (unpaired) electrons. The molecule has 2 heterocycles. The Morgan fingerprint density at radius 1 is 0.978 bits per heavy atom. The number of nitrogens with zero attached hydrogens (tertiary/aromatic N) is 4. The van der Waals surface area contributed by atoms with Gasteiger partial charge >= 0.3 is 0 Å². The number of amides is 2. The fourth-order valence-electron chi connectivity index (χ4n) is 5.83. The molecule has 6 rings (SSSR count). The summed E-state index contributed by atoms with van der Waals surface area (Å²) >= 11 is 3.56. The number of hydrazone groups is 1. The van der Waals surface area contributed by atoms with Crippen LogP contribution in [0.5, 0.6) is 17.2 Å². The number of methoxy groups -OCH3 is 3. The molecule has 0 aromatic heterocycles. The summed E-state index contributed by atoms with van der Waals surface area (Å²) in [6, 6.07) is 17.8. The van der Waals surface area contributed by atoms with Crippen molar-refractivity contribution in [1.29, 1.82) is 0 Å². The molecule has 2 aliphatic heterocycles. The third kappa shape index (κ3) is 5.51. The highest BCUT2D eigenvalue weighted by Crippen LogP contribution is 2.43. The van der Waals surface area contributed by atoms with E-state index in [0.29, 0.717) is 28.3 Å². The number of dihydropyridines is 1. The fraction of sp³-hybridized carbons (Fsp3) is 0.176. The first-order valence-electron chi connectivity index (χ1n) is 14.2. The maximum absolute atomic E-state index is 14.3. The second kappa shape index (κ2) is 12.6. The van der Waals surface area contributed by atoms with Crippen LogP contribution in [0.1, 0.15) is 33.9 Å². The third-order valence-corrected chi connectivity index (χ3v) is 8.50. The van der Waals surface area contributed by atoms with Gasteiger partial charge < -0.3 is 14.2 Å². The normalized spacial score (nSPS) is 18.8. The van der Waals surface area contributed by atoms with Gasteiger partial charge in [0.05, 0.1) is 49.3 Å². The lowest BCUT2D eigenvalue weighted by atomic mass is 9.79. The Morgan fingerprint density at radius 3 is 2.26 bits per heavy atom. The first-order valence-corrected chi connectivity index (χ1v) is 15.0. The van der Waals surface area contributed by atoms with Crippen molar-refractivity contribution in [3.63, 3.8) is 0 Å². The van der Waals surface area contributed by atoms with E-state index < -0.39 is 22.8 Å². The molecule has 0 saturated carbocycles. The Morgan fingerprint density at radius 2 is 1.65 bits per heavy atom. The van der Waals surface area contributed by atoms with Crippen molar-refractivity contribution in [2.45, 2.75) is 12.5 Å². The molecule has 12 heteroatoms. The van der Waals surface area contributed by atoms with Crippen LogP contribution in [0.25, 0.3) is 5.57 Å². The number of nitro benzene ring substituents is 1. The van der Waals surface area contributed by atoms with Crippen LogP contribution >= 0.6 is 15.9 Å². The molecule has 3 aromatic carbocycles. The number of carbonyl (C=O) groups is 2. The standard InChI is InChI=1S/C34H27BrN4O7/c1-44-28-15-21(16-29(45-2)32(28)46-3)34(41)38-27(19-9-12-23(13-10-19)39(42)43)18-26(37-38)31-30(20-7-5-4-6-8-20)24-17-22(35)11-14-25(24)36-33(31)40/h4-17,24,27H,18H2,1-3H3. The van der Waals surface area contributed by atoms with Gasteiger partial charge in [-0.05, 0) is 41.0 Å². The van der Waals surface area contributed by atoms with Crippen molar-refractivity contribution >= 4 is 50.4 Å². The van der Waals surface area contributed by atoms with E-state index in [-0.39, 0.29) is 35.1 Å². The van der Waals surface area contributed by atoms with Gasteiger partial charge in [0.1, 0.15) is 0 Å². The molecule has 11 nitrogen and oxygen atoms in total. The van der Waals surface area contributed by atoms with Gasteiger partial charge in [0.25, 0.3) is 17.5 Å². The summed E-state index contributed by atoms with van der Waals surface area (Å²) in [6.07, 6.45) is 5.79. The quantitative estimate of drug-likeness (QED) is 0.197. The zero-order valence-electron chi connectivity index (χ0n) is 25.0. The molecule has 1 aliphatic carbocycles. The summed E-state index contributed by atoms with van der Waals surface area (Å²) in [7, 11) is 4.36. The first kappa shape index (κ1) is 30.7. The number of benzene rings is 3. The van der Waals surface area contributed by atoms with Gasteiger partial charge in [0, 0.05) is 34.5 Å². The van der Waals surface area contributed by atoms with Crippen LogP contribution in [0.4, 0.5) is 5.69 Å². The smallest absolute Gasteiger partial charge is 0.279 e. The third-order valence-electron chi connectivity index (χ3n) is 7.97. The average molecular weight is 684 g/mol. The summed E-state index contributed by atoms with van der Waals surface area (Å²) < 4.78 is 17.2. The number of halogens is 1. The molecule has 3 aliphatic rings. The number of allylic oxidation sites excluding steroid dienone is 5. The SMILES string of the molecule is COc1cc(C(=O)N2N=C(C3=C(c4ccccc4)C4C=C(Br)C=CC4=NC3=O)CC2c2ccc([N+](=O)[O-])cc2)cc(OC)c1OC. The van der Waals surface area contributed by atoms with Crippen LogP contribution in [0.15, 0.2) is 105 Å². The maximum atomic E-state index is 14.3. The predicted molar refractivity (Wildman–Crippen MR) is 176 cm³/mol. The second-order valence-electron chi connectivity index (χ2n) is 10.5. The molecule has 0 fully saturated rings. The fourth-order valence-corrected chi connectivity index (χ4v) is 6.23. The topological polar surface area (TPSA) is 133 Å². The van der Waals surface area contributed by atoms with E-state index >= 15 is 0 Å². The van der Waals surface area contributed by atoms with E-state index in [2.05, 4.69) is 20.9 Å². The molecule has 2 unspecified atom stereocenters. The van der Waals surface area contributed by atoms with Crippen LogP contribution in [0, 0.1) is 16.0 Å². The Balaban J connectivity index is 1.52. The monoisotopic (exact) mass is 682 g/mol. The van der Waals surface area contributed by atoms with E-state index in [1.165, 1.54) is 50.6 Å². The van der Waals surface area contributed by atoms with Gasteiger partial charge in [-0.3, -0.25) is 19.7 Å². The lowest BCUT2D eigenvalue weighted by Gasteiger charge is -2.27. The van der Waals surface area contributed by atoms with Gasteiger partial charge in [-0.1, -0.05) is 64.5 Å². The van der Waals surface area contributed by atoms with Gasteiger partial charge in [-0.15, -0.1) is 0 Å². The minimum absolute atomic E-state index is 0.0912. The molecular formula is C34H27BrN4O7. The summed E-state index contributed by atoms with van der Waals surface area (Å²) in [4.78, 5) is 43.4. The molecule has 3 aromatic rings. The van der Waals surface area contributed by atoms with Crippen LogP contribution in [-0.4, -0.2) is 54.5 Å². The minimum Gasteiger partial charge on any atom is -0.493 e. The van der Waals surface area contributed by atoms with Crippen molar-refractivity contribution in [2.75, 3.05) is 21.3 Å². The van der Waals surface area contributed by atoms with E-state index in [0.717, 1.165) is 15.6 Å². The number of hydrogen-bond donors (Lipinski definition) is 0. The minimum atomic E-state index is -0.696. The van der Waals surface area contributed by atoms with Gasteiger partial charge in [-0.2, -0.15) is 5.10 Å². The number of rotatable bonds is 8. The number of nitro groups is 1.